The molecule has 0 fully saturated rings. The molecule has 0 radical (unpaired) electrons. The van der Waals surface area contributed by atoms with E-state index < -0.39 is 33.7 Å². The molecule has 100 valence electrons. The number of aliphatic imine (C=N–C) groups is 1. The van der Waals surface area contributed by atoms with Crippen molar-refractivity contribution in [3.05, 3.63) is 23.8 Å². The van der Waals surface area contributed by atoms with Gasteiger partial charge in [-0.15, -0.1) is 0 Å². The van der Waals surface area contributed by atoms with E-state index in [4.69, 9.17) is 5.26 Å². The van der Waals surface area contributed by atoms with Crippen LogP contribution >= 0.6 is 11.8 Å². The van der Waals surface area contributed by atoms with E-state index in [1.165, 1.54) is 6.07 Å². The van der Waals surface area contributed by atoms with Gasteiger partial charge >= 0.3 is 11.4 Å². The Morgan fingerprint density at radius 2 is 1.84 bits per heavy atom. The fourth-order valence-electron chi connectivity index (χ4n) is 1.06. The van der Waals surface area contributed by atoms with E-state index in [1.807, 2.05) is 0 Å². The number of alkyl halides is 5. The van der Waals surface area contributed by atoms with Gasteiger partial charge in [0.2, 0.25) is 6.08 Å². The monoisotopic (exact) mass is 294 g/mol. The van der Waals surface area contributed by atoms with Gasteiger partial charge in [0.05, 0.1) is 11.3 Å². The average molecular weight is 294 g/mol. The molecule has 0 aromatic heterocycles. The zero-order chi connectivity index (χ0) is 14.7. The number of thioether (sulfide) groups is 1. The first-order valence-electron chi connectivity index (χ1n) is 4.47. The number of hydrogen-bond acceptors (Lipinski definition) is 4. The van der Waals surface area contributed by atoms with E-state index >= 15 is 0 Å². The Hall–Kier alpha value is -1.91. The number of nitriles is 1. The molecule has 0 aliphatic rings. The number of rotatable bonds is 3. The Morgan fingerprint density at radius 3 is 2.32 bits per heavy atom. The van der Waals surface area contributed by atoms with Crippen molar-refractivity contribution in [2.45, 2.75) is 16.3 Å². The van der Waals surface area contributed by atoms with Crippen molar-refractivity contribution in [2.75, 3.05) is 0 Å². The number of halogens is 5. The Balaban J connectivity index is 3.27. The maximum absolute atomic E-state index is 12.9. The van der Waals surface area contributed by atoms with Crippen molar-refractivity contribution in [2.24, 2.45) is 4.99 Å². The Labute approximate surface area is 107 Å². The summed E-state index contributed by atoms with van der Waals surface area (Å²) in [5.74, 6) is 0. The summed E-state index contributed by atoms with van der Waals surface area (Å²) in [6.45, 7) is 0. The van der Waals surface area contributed by atoms with E-state index in [9.17, 15) is 26.7 Å². The molecule has 0 bridgehead atoms. The van der Waals surface area contributed by atoms with Gasteiger partial charge in [0.25, 0.3) is 0 Å². The van der Waals surface area contributed by atoms with Crippen molar-refractivity contribution in [3.8, 4) is 6.07 Å². The topological polar surface area (TPSA) is 53.2 Å². The molecule has 0 amide bonds. The molecule has 0 unspecified atom stereocenters. The molecule has 0 spiro atoms. The molecule has 0 saturated carbocycles. The zero-order valence-electron chi connectivity index (χ0n) is 8.83. The van der Waals surface area contributed by atoms with Crippen LogP contribution in [0.4, 0.5) is 27.6 Å². The van der Waals surface area contributed by atoms with Crippen molar-refractivity contribution >= 4 is 23.5 Å². The summed E-state index contributed by atoms with van der Waals surface area (Å²) >= 11 is -0.827. The Morgan fingerprint density at radius 1 is 1.21 bits per heavy atom. The molecule has 0 N–H and O–H groups in total. The van der Waals surface area contributed by atoms with Crippen LogP contribution in [0.25, 0.3) is 0 Å². The van der Waals surface area contributed by atoms with Crippen LogP contribution in [-0.4, -0.2) is 17.5 Å². The fourth-order valence-corrected chi connectivity index (χ4v) is 1.85. The lowest BCUT2D eigenvalue weighted by molar-refractivity contribution is -0.237. The largest absolute Gasteiger partial charge is 0.464 e. The molecule has 9 heteroatoms. The molecular weight excluding hydrogens is 291 g/mol. The normalized spacial score (nSPS) is 11.6. The lowest BCUT2D eigenvalue weighted by Crippen LogP contribution is -2.32. The molecule has 1 aromatic rings. The van der Waals surface area contributed by atoms with Crippen LogP contribution in [0, 0.1) is 11.3 Å². The van der Waals surface area contributed by atoms with Crippen LogP contribution in [0.2, 0.25) is 0 Å². The van der Waals surface area contributed by atoms with Crippen LogP contribution < -0.4 is 0 Å². The molecule has 0 saturated heterocycles. The first-order chi connectivity index (χ1) is 8.73. The molecular formula is C10H3F5N2OS. The highest BCUT2D eigenvalue weighted by Crippen LogP contribution is 2.49. The predicted octanol–water partition coefficient (Wildman–Crippen LogP) is 3.77. The summed E-state index contributed by atoms with van der Waals surface area (Å²) in [5, 5.41) is 3.69. The first kappa shape index (κ1) is 15.1. The summed E-state index contributed by atoms with van der Waals surface area (Å²) in [7, 11) is 0. The minimum absolute atomic E-state index is 0.319. The summed E-state index contributed by atoms with van der Waals surface area (Å²) in [5.41, 5.74) is -0.861. The fraction of sp³-hybridized carbons (Fsp3) is 0.200. The van der Waals surface area contributed by atoms with E-state index in [1.54, 1.807) is 0 Å². The van der Waals surface area contributed by atoms with Gasteiger partial charge in [0.1, 0.15) is 6.07 Å². The van der Waals surface area contributed by atoms with Crippen molar-refractivity contribution in [1.29, 1.82) is 5.26 Å². The van der Waals surface area contributed by atoms with Gasteiger partial charge < -0.3 is 0 Å². The molecule has 3 nitrogen and oxygen atoms in total. The number of benzene rings is 1. The molecule has 19 heavy (non-hydrogen) atoms. The second kappa shape index (κ2) is 5.38. The maximum Gasteiger partial charge on any atom is 0.464 e. The molecule has 0 aliphatic heterocycles. The molecule has 0 aliphatic carbocycles. The number of isocyanates is 1. The first-order valence-corrected chi connectivity index (χ1v) is 5.29. The van der Waals surface area contributed by atoms with Crippen LogP contribution in [-0.2, 0) is 4.79 Å². The Kier molecular flexibility index (Phi) is 4.29. The second-order valence-electron chi connectivity index (χ2n) is 3.08. The van der Waals surface area contributed by atoms with E-state index in [0.717, 1.165) is 24.3 Å². The minimum Gasteiger partial charge on any atom is -0.211 e. The van der Waals surface area contributed by atoms with Gasteiger partial charge in [-0.25, -0.2) is 4.79 Å². The molecule has 1 aromatic carbocycles. The molecule has 0 heterocycles. The van der Waals surface area contributed by atoms with Gasteiger partial charge in [0.15, 0.2) is 0 Å². The van der Waals surface area contributed by atoms with Crippen molar-refractivity contribution in [3.63, 3.8) is 0 Å². The summed E-state index contributed by atoms with van der Waals surface area (Å²) in [6.07, 6.45) is -4.67. The molecule has 0 atom stereocenters. The number of nitrogens with zero attached hydrogens (tertiary/aromatic N) is 2. The third-order valence-electron chi connectivity index (χ3n) is 1.85. The lowest BCUT2D eigenvalue weighted by Gasteiger charge is -2.19. The van der Waals surface area contributed by atoms with Crippen molar-refractivity contribution in [1.82, 2.24) is 0 Å². The van der Waals surface area contributed by atoms with Crippen molar-refractivity contribution < 1.29 is 26.7 Å². The highest BCUT2D eigenvalue weighted by molar-refractivity contribution is 8.00. The third kappa shape index (κ3) is 3.30. The van der Waals surface area contributed by atoms with Gasteiger partial charge in [-0.05, 0) is 23.9 Å². The minimum atomic E-state index is -5.76. The van der Waals surface area contributed by atoms with Gasteiger partial charge in [-0.2, -0.15) is 32.2 Å². The second-order valence-corrected chi connectivity index (χ2v) is 4.24. The summed E-state index contributed by atoms with van der Waals surface area (Å²) in [6, 6.07) is 4.57. The van der Waals surface area contributed by atoms with Crippen LogP contribution in [0.3, 0.4) is 0 Å². The summed E-state index contributed by atoms with van der Waals surface area (Å²) in [4.78, 5) is 12.5. The highest BCUT2D eigenvalue weighted by atomic mass is 32.2. The van der Waals surface area contributed by atoms with Crippen LogP contribution in [0.15, 0.2) is 28.1 Å². The van der Waals surface area contributed by atoms with E-state index in [-0.39, 0.29) is 5.69 Å². The third-order valence-corrected chi connectivity index (χ3v) is 2.90. The van der Waals surface area contributed by atoms with E-state index in [2.05, 4.69) is 4.99 Å². The quantitative estimate of drug-likeness (QED) is 0.369. The smallest absolute Gasteiger partial charge is 0.211 e. The molecule has 1 rings (SSSR count). The Bertz CT molecular complexity index is 572. The standard InChI is InChI=1S/C10H3F5N2OS/c11-9(12,13)10(14,15)19-8-3-1-2-7(17-5-18)6(8)4-16/h1-3H. The summed E-state index contributed by atoms with van der Waals surface area (Å²) < 4.78 is 61.9. The van der Waals surface area contributed by atoms with E-state index in [0.29, 0.717) is 0 Å². The zero-order valence-corrected chi connectivity index (χ0v) is 9.65. The van der Waals surface area contributed by atoms with Gasteiger partial charge in [-0.1, -0.05) is 6.07 Å². The van der Waals surface area contributed by atoms with Gasteiger partial charge in [-0.3, -0.25) is 0 Å². The predicted molar refractivity (Wildman–Crippen MR) is 55.8 cm³/mol. The number of hydrogen-bond donors (Lipinski definition) is 0. The maximum atomic E-state index is 12.9. The van der Waals surface area contributed by atoms with Crippen LogP contribution in [0.5, 0.6) is 0 Å². The van der Waals surface area contributed by atoms with Crippen LogP contribution in [0.1, 0.15) is 5.56 Å². The van der Waals surface area contributed by atoms with Gasteiger partial charge in [0, 0.05) is 4.90 Å². The lowest BCUT2D eigenvalue weighted by atomic mass is 10.2. The number of carbonyl (C=O) groups excluding carboxylic acids is 1. The SMILES string of the molecule is N#Cc1c(N=C=O)cccc1SC(F)(F)C(F)(F)F. The average Bonchev–Trinajstić information content (AvgIpc) is 2.28. The highest BCUT2D eigenvalue weighted by Gasteiger charge is 2.58.